The van der Waals surface area contributed by atoms with E-state index in [9.17, 15) is 5.26 Å². The van der Waals surface area contributed by atoms with Crippen molar-refractivity contribution in [3.63, 3.8) is 0 Å². The normalized spacial score (nSPS) is 10.0. The average Bonchev–Trinajstić information content (AvgIpc) is 2.40. The van der Waals surface area contributed by atoms with E-state index in [0.717, 1.165) is 22.4 Å². The van der Waals surface area contributed by atoms with Crippen LogP contribution in [-0.2, 0) is 0 Å². The lowest BCUT2D eigenvalue weighted by molar-refractivity contribution is 1.02. The summed E-state index contributed by atoms with van der Waals surface area (Å²) in [6.07, 6.45) is 0. The van der Waals surface area contributed by atoms with Gasteiger partial charge in [-0.3, -0.25) is 0 Å². The lowest BCUT2D eigenvalue weighted by Gasteiger charge is -2.25. The average molecular weight is 315 g/mol. The molecule has 0 heterocycles. The summed E-state index contributed by atoms with van der Waals surface area (Å²) in [7, 11) is 0. The minimum Gasteiger partial charge on any atom is -0.341 e. The van der Waals surface area contributed by atoms with Gasteiger partial charge in [0.05, 0.1) is 11.3 Å². The smallest absolute Gasteiger partial charge is 0.103 e. The van der Waals surface area contributed by atoms with Crippen molar-refractivity contribution in [3.05, 3.63) is 58.1 Å². The maximum Gasteiger partial charge on any atom is 0.103 e. The van der Waals surface area contributed by atoms with Gasteiger partial charge in [0.15, 0.2) is 0 Å². The highest BCUT2D eigenvalue weighted by molar-refractivity contribution is 9.10. The molecular formula is C16H15BrN2. The lowest BCUT2D eigenvalue weighted by atomic mass is 10.1. The van der Waals surface area contributed by atoms with E-state index in [-0.39, 0.29) is 0 Å². The Kier molecular flexibility index (Phi) is 4.24. The number of nitriles is 1. The van der Waals surface area contributed by atoms with Crippen LogP contribution in [0.5, 0.6) is 0 Å². The number of rotatable bonds is 3. The fraction of sp³-hybridized carbons (Fsp3) is 0.188. The van der Waals surface area contributed by atoms with Crippen molar-refractivity contribution in [1.82, 2.24) is 0 Å². The van der Waals surface area contributed by atoms with E-state index >= 15 is 0 Å². The molecule has 0 unspecified atom stereocenters. The Hall–Kier alpha value is -1.79. The standard InChI is InChI=1S/C16H15BrN2/c1-3-19(13-7-4-6-12(2)10-13)16-9-5-8-15(17)14(16)11-18/h4-10H,3H2,1-2H3. The predicted molar refractivity (Wildman–Crippen MR) is 82.7 cm³/mol. The Balaban J connectivity index is 2.55. The zero-order valence-electron chi connectivity index (χ0n) is 11.0. The van der Waals surface area contributed by atoms with Gasteiger partial charge in [0.2, 0.25) is 0 Å². The van der Waals surface area contributed by atoms with Gasteiger partial charge in [-0.05, 0) is 59.6 Å². The molecule has 2 aromatic carbocycles. The molecule has 3 heteroatoms. The topological polar surface area (TPSA) is 27.0 Å². The number of halogens is 1. The summed E-state index contributed by atoms with van der Waals surface area (Å²) in [5.74, 6) is 0. The minimum absolute atomic E-state index is 0.672. The third kappa shape index (κ3) is 2.80. The third-order valence-electron chi connectivity index (χ3n) is 3.02. The highest BCUT2D eigenvalue weighted by Crippen LogP contribution is 2.32. The van der Waals surface area contributed by atoms with Crippen LogP contribution in [0.15, 0.2) is 46.9 Å². The summed E-state index contributed by atoms with van der Waals surface area (Å²) < 4.78 is 0.832. The summed E-state index contributed by atoms with van der Waals surface area (Å²) in [4.78, 5) is 2.15. The molecule has 0 radical (unpaired) electrons. The van der Waals surface area contributed by atoms with Crippen LogP contribution in [0.25, 0.3) is 0 Å². The first kappa shape index (κ1) is 13.6. The van der Waals surface area contributed by atoms with Crippen LogP contribution < -0.4 is 4.90 Å². The maximum absolute atomic E-state index is 9.34. The van der Waals surface area contributed by atoms with Crippen molar-refractivity contribution in [2.24, 2.45) is 0 Å². The largest absolute Gasteiger partial charge is 0.341 e. The van der Waals surface area contributed by atoms with Gasteiger partial charge in [0, 0.05) is 16.7 Å². The molecule has 0 aliphatic carbocycles. The molecule has 2 aromatic rings. The van der Waals surface area contributed by atoms with Gasteiger partial charge in [0.25, 0.3) is 0 Å². The fourth-order valence-electron chi connectivity index (χ4n) is 2.14. The van der Waals surface area contributed by atoms with Crippen LogP contribution in [0.4, 0.5) is 11.4 Å². The second kappa shape index (κ2) is 5.90. The van der Waals surface area contributed by atoms with Crippen LogP contribution in [-0.4, -0.2) is 6.54 Å². The van der Waals surface area contributed by atoms with E-state index in [2.05, 4.69) is 58.9 Å². The number of hydrogen-bond acceptors (Lipinski definition) is 2. The quantitative estimate of drug-likeness (QED) is 0.814. The number of hydrogen-bond donors (Lipinski definition) is 0. The molecule has 0 atom stereocenters. The monoisotopic (exact) mass is 314 g/mol. The Bertz CT molecular complexity index is 629. The van der Waals surface area contributed by atoms with Crippen molar-refractivity contribution in [2.45, 2.75) is 13.8 Å². The number of anilines is 2. The first-order valence-electron chi connectivity index (χ1n) is 6.20. The van der Waals surface area contributed by atoms with Crippen LogP contribution in [0.1, 0.15) is 18.1 Å². The van der Waals surface area contributed by atoms with E-state index in [1.54, 1.807) is 0 Å². The molecule has 0 fully saturated rings. The minimum atomic E-state index is 0.672. The molecule has 0 spiro atoms. The summed E-state index contributed by atoms with van der Waals surface area (Å²) in [5, 5.41) is 9.34. The molecule has 0 aliphatic heterocycles. The highest BCUT2D eigenvalue weighted by Gasteiger charge is 2.13. The Morgan fingerprint density at radius 3 is 2.58 bits per heavy atom. The fourth-order valence-corrected chi connectivity index (χ4v) is 2.58. The highest BCUT2D eigenvalue weighted by atomic mass is 79.9. The van der Waals surface area contributed by atoms with Crippen LogP contribution in [0.3, 0.4) is 0 Å². The summed E-state index contributed by atoms with van der Waals surface area (Å²) in [5.41, 5.74) is 3.93. The molecule has 2 rings (SSSR count). The van der Waals surface area contributed by atoms with Crippen molar-refractivity contribution >= 4 is 27.3 Å². The predicted octanol–water partition coefficient (Wildman–Crippen LogP) is 4.79. The zero-order chi connectivity index (χ0) is 13.8. The van der Waals surface area contributed by atoms with E-state index in [0.29, 0.717) is 5.56 Å². The molecule has 2 nitrogen and oxygen atoms in total. The van der Waals surface area contributed by atoms with Crippen LogP contribution >= 0.6 is 15.9 Å². The number of benzene rings is 2. The maximum atomic E-state index is 9.34. The van der Waals surface area contributed by atoms with Gasteiger partial charge in [0.1, 0.15) is 6.07 Å². The lowest BCUT2D eigenvalue weighted by Crippen LogP contribution is -2.17. The van der Waals surface area contributed by atoms with Gasteiger partial charge in [-0.1, -0.05) is 18.2 Å². The molecule has 0 amide bonds. The Labute approximate surface area is 122 Å². The van der Waals surface area contributed by atoms with Crippen LogP contribution in [0.2, 0.25) is 0 Å². The van der Waals surface area contributed by atoms with Gasteiger partial charge >= 0.3 is 0 Å². The number of aryl methyl sites for hydroxylation is 1. The van der Waals surface area contributed by atoms with Crippen molar-refractivity contribution < 1.29 is 0 Å². The SMILES string of the molecule is CCN(c1cccc(C)c1)c1cccc(Br)c1C#N. The summed E-state index contributed by atoms with van der Waals surface area (Å²) in [6, 6.07) is 16.4. The van der Waals surface area contributed by atoms with E-state index in [1.807, 2.05) is 24.3 Å². The molecule has 0 N–H and O–H groups in total. The Morgan fingerprint density at radius 1 is 1.21 bits per heavy atom. The van der Waals surface area contributed by atoms with Crippen molar-refractivity contribution in [1.29, 1.82) is 5.26 Å². The van der Waals surface area contributed by atoms with E-state index < -0.39 is 0 Å². The van der Waals surface area contributed by atoms with Crippen LogP contribution in [0, 0.1) is 18.3 Å². The first-order valence-corrected chi connectivity index (χ1v) is 6.99. The second-order valence-electron chi connectivity index (χ2n) is 4.33. The summed E-state index contributed by atoms with van der Waals surface area (Å²) >= 11 is 3.44. The zero-order valence-corrected chi connectivity index (χ0v) is 12.6. The molecule has 0 saturated heterocycles. The third-order valence-corrected chi connectivity index (χ3v) is 3.68. The van der Waals surface area contributed by atoms with Gasteiger partial charge in [-0.25, -0.2) is 0 Å². The van der Waals surface area contributed by atoms with Gasteiger partial charge < -0.3 is 4.90 Å². The van der Waals surface area contributed by atoms with Crippen molar-refractivity contribution in [3.8, 4) is 6.07 Å². The van der Waals surface area contributed by atoms with Gasteiger partial charge in [-0.2, -0.15) is 5.26 Å². The molecule has 19 heavy (non-hydrogen) atoms. The first-order chi connectivity index (χ1) is 9.17. The van der Waals surface area contributed by atoms with E-state index in [4.69, 9.17) is 0 Å². The molecule has 0 bridgehead atoms. The second-order valence-corrected chi connectivity index (χ2v) is 5.18. The van der Waals surface area contributed by atoms with Crippen molar-refractivity contribution in [2.75, 3.05) is 11.4 Å². The molecule has 96 valence electrons. The molecule has 0 aromatic heterocycles. The molecule has 0 aliphatic rings. The Morgan fingerprint density at radius 2 is 1.95 bits per heavy atom. The molecule has 0 saturated carbocycles. The van der Waals surface area contributed by atoms with Gasteiger partial charge in [-0.15, -0.1) is 0 Å². The molecular weight excluding hydrogens is 300 g/mol. The number of nitrogens with zero attached hydrogens (tertiary/aromatic N) is 2. The van der Waals surface area contributed by atoms with E-state index in [1.165, 1.54) is 5.56 Å². The summed E-state index contributed by atoms with van der Waals surface area (Å²) in [6.45, 7) is 4.97.